The first-order valence-electron chi connectivity index (χ1n) is 10.2. The van der Waals surface area contributed by atoms with E-state index in [1.165, 1.54) is 33.8 Å². The summed E-state index contributed by atoms with van der Waals surface area (Å²) < 4.78 is 5.45. The van der Waals surface area contributed by atoms with E-state index in [9.17, 15) is 4.79 Å². The maximum Gasteiger partial charge on any atom is 0.306 e. The van der Waals surface area contributed by atoms with E-state index < -0.39 is 0 Å². The molecule has 0 radical (unpaired) electrons. The van der Waals surface area contributed by atoms with Gasteiger partial charge in [0.2, 0.25) is 0 Å². The van der Waals surface area contributed by atoms with E-state index in [2.05, 4.69) is 62.6 Å². The van der Waals surface area contributed by atoms with Gasteiger partial charge in [-0.2, -0.15) is 0 Å². The average Bonchev–Trinajstić information content (AvgIpc) is 2.74. The van der Waals surface area contributed by atoms with Gasteiger partial charge in [0.15, 0.2) is 0 Å². The minimum absolute atomic E-state index is 0.0825. The Labute approximate surface area is 178 Å². The maximum absolute atomic E-state index is 12.1. The highest BCUT2D eigenvalue weighted by Crippen LogP contribution is 2.34. The summed E-state index contributed by atoms with van der Waals surface area (Å²) in [6, 6.07) is 17.0. The van der Waals surface area contributed by atoms with Crippen LogP contribution in [0.15, 0.2) is 58.3 Å². The molecule has 1 unspecified atom stereocenters. The van der Waals surface area contributed by atoms with Crippen molar-refractivity contribution in [3.8, 4) is 11.1 Å². The summed E-state index contributed by atoms with van der Waals surface area (Å²) in [4.78, 5) is 14.5. The summed E-state index contributed by atoms with van der Waals surface area (Å²) in [6.45, 7) is 4.98. The van der Waals surface area contributed by atoms with Crippen molar-refractivity contribution in [1.29, 1.82) is 0 Å². The maximum atomic E-state index is 12.1. The molecule has 0 bridgehead atoms. The second kappa shape index (κ2) is 12.9. The molecule has 2 aromatic rings. The lowest BCUT2D eigenvalue weighted by atomic mass is 9.98. The Kier molecular flexibility index (Phi) is 10.6. The molecule has 0 spiro atoms. The molecule has 2 rings (SSSR count). The number of carbonyl (C=O) groups is 1. The van der Waals surface area contributed by atoms with E-state index in [-0.39, 0.29) is 5.97 Å². The standard InChI is InChI=1S/C24H32O2S2/c1-4-9-19(5-2)14-16-26-24(25)15-17-28-23-13-12-21(27-3)18-22(23)20-10-7-6-8-11-20/h6-8,10-13,18-19H,4-5,9,14-17H2,1-3H3. The van der Waals surface area contributed by atoms with Crippen LogP contribution >= 0.6 is 23.5 Å². The summed E-state index contributed by atoms with van der Waals surface area (Å²) in [5.74, 6) is 1.33. The van der Waals surface area contributed by atoms with Gasteiger partial charge in [0.1, 0.15) is 0 Å². The van der Waals surface area contributed by atoms with Gasteiger partial charge in [-0.25, -0.2) is 0 Å². The van der Waals surface area contributed by atoms with Crippen molar-refractivity contribution < 1.29 is 9.53 Å². The number of ether oxygens (including phenoxy) is 1. The Morgan fingerprint density at radius 3 is 2.54 bits per heavy atom. The Hall–Kier alpha value is -1.39. The minimum atomic E-state index is -0.0825. The molecule has 2 aromatic carbocycles. The van der Waals surface area contributed by atoms with E-state index in [1.807, 2.05) is 6.07 Å². The summed E-state index contributed by atoms with van der Waals surface area (Å²) in [6.07, 6.45) is 7.11. The summed E-state index contributed by atoms with van der Waals surface area (Å²) in [7, 11) is 0. The quantitative estimate of drug-likeness (QED) is 0.267. The number of carbonyl (C=O) groups excluding carboxylic acids is 1. The normalized spacial score (nSPS) is 12.0. The van der Waals surface area contributed by atoms with Gasteiger partial charge in [0.05, 0.1) is 13.0 Å². The fourth-order valence-electron chi connectivity index (χ4n) is 3.22. The van der Waals surface area contributed by atoms with Crippen molar-refractivity contribution in [3.63, 3.8) is 0 Å². The van der Waals surface area contributed by atoms with Gasteiger partial charge in [-0.1, -0.05) is 63.4 Å². The first-order valence-corrected chi connectivity index (χ1v) is 12.4. The number of hydrogen-bond donors (Lipinski definition) is 0. The first-order chi connectivity index (χ1) is 13.7. The van der Waals surface area contributed by atoms with Crippen LogP contribution in [0.4, 0.5) is 0 Å². The average molecular weight is 417 g/mol. The van der Waals surface area contributed by atoms with Gasteiger partial charge in [-0.05, 0) is 47.9 Å². The lowest BCUT2D eigenvalue weighted by Gasteiger charge is -2.14. The number of esters is 1. The molecule has 1 atom stereocenters. The van der Waals surface area contributed by atoms with Gasteiger partial charge in [0, 0.05) is 15.5 Å². The van der Waals surface area contributed by atoms with Gasteiger partial charge in [-0.3, -0.25) is 4.79 Å². The van der Waals surface area contributed by atoms with Crippen LogP contribution in [0.3, 0.4) is 0 Å². The molecule has 0 heterocycles. The van der Waals surface area contributed by atoms with E-state index in [1.54, 1.807) is 23.5 Å². The van der Waals surface area contributed by atoms with Gasteiger partial charge >= 0.3 is 5.97 Å². The van der Waals surface area contributed by atoms with Crippen molar-refractivity contribution in [3.05, 3.63) is 48.5 Å². The smallest absolute Gasteiger partial charge is 0.306 e. The molecule has 0 aliphatic carbocycles. The molecule has 0 fully saturated rings. The number of hydrogen-bond acceptors (Lipinski definition) is 4. The summed E-state index contributed by atoms with van der Waals surface area (Å²) in [5, 5.41) is 0. The first kappa shape index (κ1) is 22.9. The Balaban J connectivity index is 1.86. The molecule has 0 aliphatic heterocycles. The van der Waals surface area contributed by atoms with Crippen LogP contribution < -0.4 is 0 Å². The van der Waals surface area contributed by atoms with Crippen molar-refractivity contribution in [1.82, 2.24) is 0 Å². The zero-order valence-electron chi connectivity index (χ0n) is 17.3. The fraction of sp³-hybridized carbons (Fsp3) is 0.458. The second-order valence-corrected chi connectivity index (χ2v) is 8.92. The van der Waals surface area contributed by atoms with E-state index in [0.29, 0.717) is 18.9 Å². The molecule has 2 nitrogen and oxygen atoms in total. The Morgan fingerprint density at radius 1 is 1.07 bits per heavy atom. The minimum Gasteiger partial charge on any atom is -0.466 e. The van der Waals surface area contributed by atoms with Crippen molar-refractivity contribution >= 4 is 29.5 Å². The molecule has 0 saturated carbocycles. The highest BCUT2D eigenvalue weighted by Gasteiger charge is 2.10. The van der Waals surface area contributed by atoms with Crippen LogP contribution in [-0.4, -0.2) is 24.6 Å². The third kappa shape index (κ3) is 7.56. The van der Waals surface area contributed by atoms with Crippen LogP contribution in [0, 0.1) is 5.92 Å². The van der Waals surface area contributed by atoms with Crippen LogP contribution in [0.1, 0.15) is 46.0 Å². The van der Waals surface area contributed by atoms with Crippen LogP contribution in [0.25, 0.3) is 11.1 Å². The van der Waals surface area contributed by atoms with Crippen LogP contribution in [0.2, 0.25) is 0 Å². The SMILES string of the molecule is CCCC(CC)CCOC(=O)CCSc1ccc(SC)cc1-c1ccccc1. The number of thioether (sulfide) groups is 2. The van der Waals surface area contributed by atoms with E-state index >= 15 is 0 Å². The van der Waals surface area contributed by atoms with Crippen molar-refractivity contribution in [2.24, 2.45) is 5.92 Å². The topological polar surface area (TPSA) is 26.3 Å². The fourth-order valence-corrected chi connectivity index (χ4v) is 4.65. The third-order valence-corrected chi connectivity index (χ3v) is 6.70. The molecule has 4 heteroatoms. The zero-order valence-corrected chi connectivity index (χ0v) is 18.9. The predicted octanol–water partition coefficient (Wildman–Crippen LogP) is 7.32. The molecular weight excluding hydrogens is 384 g/mol. The van der Waals surface area contributed by atoms with Crippen LogP contribution in [0.5, 0.6) is 0 Å². The lowest BCUT2D eigenvalue weighted by Crippen LogP contribution is -2.10. The molecular formula is C24H32O2S2. The molecule has 0 aliphatic rings. The predicted molar refractivity (Wildman–Crippen MR) is 123 cm³/mol. The van der Waals surface area contributed by atoms with Crippen molar-refractivity contribution in [2.45, 2.75) is 55.7 Å². The van der Waals surface area contributed by atoms with Crippen LogP contribution in [-0.2, 0) is 9.53 Å². The third-order valence-electron chi connectivity index (χ3n) is 4.90. The lowest BCUT2D eigenvalue weighted by molar-refractivity contribution is -0.143. The molecule has 28 heavy (non-hydrogen) atoms. The summed E-state index contributed by atoms with van der Waals surface area (Å²) >= 11 is 3.48. The number of benzene rings is 2. The second-order valence-electron chi connectivity index (χ2n) is 6.90. The Morgan fingerprint density at radius 2 is 1.86 bits per heavy atom. The van der Waals surface area contributed by atoms with Gasteiger partial charge < -0.3 is 4.74 Å². The van der Waals surface area contributed by atoms with Crippen molar-refractivity contribution in [2.75, 3.05) is 18.6 Å². The molecule has 152 valence electrons. The Bertz CT molecular complexity index is 716. The molecule has 0 aromatic heterocycles. The summed E-state index contributed by atoms with van der Waals surface area (Å²) in [5.41, 5.74) is 2.45. The largest absolute Gasteiger partial charge is 0.466 e. The van der Waals surface area contributed by atoms with Gasteiger partial charge in [0.25, 0.3) is 0 Å². The highest BCUT2D eigenvalue weighted by atomic mass is 32.2. The zero-order chi connectivity index (χ0) is 20.2. The number of rotatable bonds is 12. The molecule has 0 N–H and O–H groups in total. The van der Waals surface area contributed by atoms with E-state index in [0.717, 1.165) is 18.6 Å². The molecule has 0 amide bonds. The molecule has 0 saturated heterocycles. The highest BCUT2D eigenvalue weighted by molar-refractivity contribution is 7.99. The monoisotopic (exact) mass is 416 g/mol. The van der Waals surface area contributed by atoms with Gasteiger partial charge in [-0.15, -0.1) is 23.5 Å². The van der Waals surface area contributed by atoms with E-state index in [4.69, 9.17) is 4.74 Å².